The van der Waals surface area contributed by atoms with Gasteiger partial charge in [-0.3, -0.25) is 4.79 Å². The topological polar surface area (TPSA) is 56.8 Å². The lowest BCUT2D eigenvalue weighted by atomic mass is 10.1. The maximum absolute atomic E-state index is 12.2. The van der Waals surface area contributed by atoms with Gasteiger partial charge in [-0.25, -0.2) is 0 Å². The molecule has 0 atom stereocenters. The Balaban J connectivity index is 1.47. The molecular weight excluding hydrogens is 390 g/mol. The zero-order chi connectivity index (χ0) is 21.9. The van der Waals surface area contributed by atoms with Crippen molar-refractivity contribution < 1.29 is 19.0 Å². The van der Waals surface area contributed by atoms with Gasteiger partial charge in [0.2, 0.25) is 0 Å². The molecule has 0 unspecified atom stereocenters. The number of amides is 1. The number of carbonyl (C=O) groups excluding carboxylic acids is 1. The van der Waals surface area contributed by atoms with Crippen molar-refractivity contribution >= 4 is 5.91 Å². The highest BCUT2D eigenvalue weighted by Crippen LogP contribution is 2.28. The standard InChI is InChI=1S/C26H29NO4/c1-3-4-16-30-24-15-10-20(17-25(24)29-2)18-27-26(28)19-31-23-13-11-22(12-14-23)21-8-6-5-7-9-21/h5-15,17H,3-4,16,18-19H2,1-2H3,(H,27,28). The first-order chi connectivity index (χ1) is 15.2. The molecule has 3 aromatic rings. The van der Waals surface area contributed by atoms with Gasteiger partial charge in [0.15, 0.2) is 18.1 Å². The number of hydrogen-bond acceptors (Lipinski definition) is 4. The van der Waals surface area contributed by atoms with Gasteiger partial charge in [0.05, 0.1) is 13.7 Å². The quantitative estimate of drug-likeness (QED) is 0.432. The molecule has 0 bridgehead atoms. The van der Waals surface area contributed by atoms with E-state index in [0.29, 0.717) is 30.4 Å². The van der Waals surface area contributed by atoms with Crippen LogP contribution in [0.2, 0.25) is 0 Å². The summed E-state index contributed by atoms with van der Waals surface area (Å²) < 4.78 is 16.8. The van der Waals surface area contributed by atoms with Crippen LogP contribution in [0.1, 0.15) is 25.3 Å². The molecule has 0 aliphatic rings. The summed E-state index contributed by atoms with van der Waals surface area (Å²) in [6, 6.07) is 23.5. The van der Waals surface area contributed by atoms with Crippen LogP contribution in [0.5, 0.6) is 17.2 Å². The van der Waals surface area contributed by atoms with Crippen molar-refractivity contribution in [2.75, 3.05) is 20.3 Å². The Kier molecular flexibility index (Phi) is 8.35. The number of carbonyl (C=O) groups is 1. The van der Waals surface area contributed by atoms with E-state index in [-0.39, 0.29) is 12.5 Å². The summed E-state index contributed by atoms with van der Waals surface area (Å²) in [5.41, 5.74) is 3.18. The van der Waals surface area contributed by atoms with Crippen LogP contribution in [0, 0.1) is 0 Å². The second-order valence-corrected chi connectivity index (χ2v) is 7.14. The minimum absolute atomic E-state index is 0.0416. The van der Waals surface area contributed by atoms with Gasteiger partial charge < -0.3 is 19.5 Å². The lowest BCUT2D eigenvalue weighted by molar-refractivity contribution is -0.123. The molecule has 0 aromatic heterocycles. The van der Waals surface area contributed by atoms with Gasteiger partial charge in [-0.05, 0) is 47.4 Å². The first kappa shape index (κ1) is 22.2. The van der Waals surface area contributed by atoms with Gasteiger partial charge in [0, 0.05) is 6.54 Å². The molecule has 0 fully saturated rings. The highest BCUT2D eigenvalue weighted by molar-refractivity contribution is 5.77. The largest absolute Gasteiger partial charge is 0.493 e. The molecule has 0 spiro atoms. The average Bonchev–Trinajstić information content (AvgIpc) is 2.83. The van der Waals surface area contributed by atoms with E-state index in [0.717, 1.165) is 29.5 Å². The highest BCUT2D eigenvalue weighted by Gasteiger charge is 2.08. The van der Waals surface area contributed by atoms with Crippen molar-refractivity contribution in [3.8, 4) is 28.4 Å². The van der Waals surface area contributed by atoms with Crippen molar-refractivity contribution in [1.82, 2.24) is 5.32 Å². The molecule has 5 heteroatoms. The molecule has 3 aromatic carbocycles. The fourth-order valence-electron chi connectivity index (χ4n) is 3.04. The number of unbranched alkanes of at least 4 members (excludes halogenated alkanes) is 1. The summed E-state index contributed by atoms with van der Waals surface area (Å²) in [6.07, 6.45) is 2.07. The molecule has 3 rings (SSSR count). The van der Waals surface area contributed by atoms with Crippen LogP contribution in [-0.4, -0.2) is 26.2 Å². The summed E-state index contributed by atoms with van der Waals surface area (Å²) in [4.78, 5) is 12.2. The normalized spacial score (nSPS) is 10.4. The summed E-state index contributed by atoms with van der Waals surface area (Å²) in [6.45, 7) is 3.13. The smallest absolute Gasteiger partial charge is 0.258 e. The van der Waals surface area contributed by atoms with Crippen molar-refractivity contribution in [2.24, 2.45) is 0 Å². The highest BCUT2D eigenvalue weighted by atomic mass is 16.5. The summed E-state index contributed by atoms with van der Waals surface area (Å²) in [5.74, 6) is 1.85. The number of benzene rings is 3. The second kappa shape index (κ2) is 11.6. The zero-order valence-electron chi connectivity index (χ0n) is 18.1. The third kappa shape index (κ3) is 6.78. The lowest BCUT2D eigenvalue weighted by Gasteiger charge is -2.13. The van der Waals surface area contributed by atoms with E-state index in [1.807, 2.05) is 60.7 Å². The molecule has 0 saturated carbocycles. The number of rotatable bonds is 11. The first-order valence-electron chi connectivity index (χ1n) is 10.5. The molecule has 5 nitrogen and oxygen atoms in total. The Morgan fingerprint density at radius 2 is 1.61 bits per heavy atom. The molecule has 1 amide bonds. The van der Waals surface area contributed by atoms with Gasteiger partial charge in [-0.1, -0.05) is 61.9 Å². The van der Waals surface area contributed by atoms with Crippen molar-refractivity contribution in [2.45, 2.75) is 26.3 Å². The summed E-state index contributed by atoms with van der Waals surface area (Å²) >= 11 is 0. The average molecular weight is 420 g/mol. The Labute approximate surface area is 184 Å². The number of hydrogen-bond donors (Lipinski definition) is 1. The Bertz CT molecular complexity index is 955. The fraction of sp³-hybridized carbons (Fsp3) is 0.269. The number of ether oxygens (including phenoxy) is 3. The minimum atomic E-state index is -0.186. The summed E-state index contributed by atoms with van der Waals surface area (Å²) in [5, 5.41) is 2.87. The third-order valence-corrected chi connectivity index (χ3v) is 4.80. The van der Waals surface area contributed by atoms with Crippen LogP contribution >= 0.6 is 0 Å². The lowest BCUT2D eigenvalue weighted by Crippen LogP contribution is -2.28. The van der Waals surface area contributed by atoms with Gasteiger partial charge in [0.25, 0.3) is 5.91 Å². The van der Waals surface area contributed by atoms with Crippen LogP contribution in [-0.2, 0) is 11.3 Å². The van der Waals surface area contributed by atoms with E-state index in [9.17, 15) is 4.79 Å². The van der Waals surface area contributed by atoms with Gasteiger partial charge >= 0.3 is 0 Å². The maximum Gasteiger partial charge on any atom is 0.258 e. The van der Waals surface area contributed by atoms with Gasteiger partial charge in [-0.2, -0.15) is 0 Å². The zero-order valence-corrected chi connectivity index (χ0v) is 18.1. The van der Waals surface area contributed by atoms with E-state index < -0.39 is 0 Å². The predicted molar refractivity (Wildman–Crippen MR) is 123 cm³/mol. The van der Waals surface area contributed by atoms with Crippen molar-refractivity contribution in [3.05, 3.63) is 78.4 Å². The van der Waals surface area contributed by atoms with Crippen LogP contribution < -0.4 is 19.5 Å². The van der Waals surface area contributed by atoms with Crippen molar-refractivity contribution in [3.63, 3.8) is 0 Å². The monoisotopic (exact) mass is 419 g/mol. The predicted octanol–water partition coefficient (Wildman–Crippen LogP) is 5.24. The molecule has 0 heterocycles. The van der Waals surface area contributed by atoms with Gasteiger partial charge in [0.1, 0.15) is 5.75 Å². The first-order valence-corrected chi connectivity index (χ1v) is 10.5. The Hall–Kier alpha value is -3.47. The van der Waals surface area contributed by atoms with E-state index >= 15 is 0 Å². The molecule has 0 aliphatic heterocycles. The second-order valence-electron chi connectivity index (χ2n) is 7.14. The van der Waals surface area contributed by atoms with Crippen LogP contribution in [0.4, 0.5) is 0 Å². The fourth-order valence-corrected chi connectivity index (χ4v) is 3.04. The number of methoxy groups -OCH3 is 1. The summed E-state index contributed by atoms with van der Waals surface area (Å²) in [7, 11) is 1.61. The van der Waals surface area contributed by atoms with Gasteiger partial charge in [-0.15, -0.1) is 0 Å². The molecule has 162 valence electrons. The minimum Gasteiger partial charge on any atom is -0.493 e. The van der Waals surface area contributed by atoms with Crippen LogP contribution in [0.15, 0.2) is 72.8 Å². The SMILES string of the molecule is CCCCOc1ccc(CNC(=O)COc2ccc(-c3ccccc3)cc2)cc1OC. The van der Waals surface area contributed by atoms with Crippen LogP contribution in [0.25, 0.3) is 11.1 Å². The molecule has 0 radical (unpaired) electrons. The Morgan fingerprint density at radius 1 is 0.871 bits per heavy atom. The van der Waals surface area contributed by atoms with E-state index in [4.69, 9.17) is 14.2 Å². The van der Waals surface area contributed by atoms with E-state index in [1.165, 1.54) is 0 Å². The maximum atomic E-state index is 12.2. The molecule has 1 N–H and O–H groups in total. The molecule has 0 saturated heterocycles. The Morgan fingerprint density at radius 3 is 2.32 bits per heavy atom. The molecule has 0 aliphatic carbocycles. The van der Waals surface area contributed by atoms with E-state index in [2.05, 4.69) is 24.4 Å². The number of nitrogens with one attached hydrogen (secondary N) is 1. The van der Waals surface area contributed by atoms with E-state index in [1.54, 1.807) is 7.11 Å². The molecule has 31 heavy (non-hydrogen) atoms. The van der Waals surface area contributed by atoms with Crippen LogP contribution in [0.3, 0.4) is 0 Å². The molecular formula is C26H29NO4. The third-order valence-electron chi connectivity index (χ3n) is 4.80. The van der Waals surface area contributed by atoms with Crippen molar-refractivity contribution in [1.29, 1.82) is 0 Å².